The molecule has 6 heterocycles. The normalized spacial score (nSPS) is 52.6. The van der Waals surface area contributed by atoms with E-state index in [4.69, 9.17) is 47.4 Å². The minimum atomic E-state index is -0.959. The summed E-state index contributed by atoms with van der Waals surface area (Å²) in [6.07, 6.45) is -2.82. The number of methoxy groups -OCH3 is 1. The number of rotatable bonds is 7. The molecule has 2 aliphatic carbocycles. The molecule has 55 heavy (non-hydrogen) atoms. The van der Waals surface area contributed by atoms with Gasteiger partial charge in [-0.05, 0) is 69.8 Å². The van der Waals surface area contributed by atoms with Gasteiger partial charge in [-0.15, -0.1) is 0 Å². The number of ether oxygens (including phenoxy) is 10. The third-order valence-electron chi connectivity index (χ3n) is 14.0. The highest BCUT2D eigenvalue weighted by molar-refractivity contribution is 5.74. The van der Waals surface area contributed by atoms with Crippen LogP contribution in [0.3, 0.4) is 0 Å². The zero-order valence-corrected chi connectivity index (χ0v) is 32.7. The van der Waals surface area contributed by atoms with Crippen molar-refractivity contribution in [3.8, 4) is 0 Å². The molecule has 8 aliphatic rings. The second-order valence-corrected chi connectivity index (χ2v) is 17.5. The summed E-state index contributed by atoms with van der Waals surface area (Å²) < 4.78 is 60.3. The lowest BCUT2D eigenvalue weighted by Gasteiger charge is -2.52. The van der Waals surface area contributed by atoms with Gasteiger partial charge < -0.3 is 67.8 Å². The molecule has 310 valence electrons. The number of hydrogen-bond donors (Lipinski definition) is 4. The van der Waals surface area contributed by atoms with Crippen molar-refractivity contribution >= 4 is 5.97 Å². The fraction of sp³-hybridized carbons (Fsp3) is 0.875. The number of fused-ring (bicyclic) bond motifs is 3. The zero-order valence-electron chi connectivity index (χ0n) is 32.7. The Hall–Kier alpha value is -1.73. The van der Waals surface area contributed by atoms with Crippen LogP contribution in [0.5, 0.6) is 0 Å². The molecule has 0 aromatic rings. The van der Waals surface area contributed by atoms with E-state index in [2.05, 4.69) is 13.0 Å². The first kappa shape index (κ1) is 40.1. The molecular formula is C40H60O15. The maximum absolute atomic E-state index is 13.7. The van der Waals surface area contributed by atoms with Gasteiger partial charge in [0.2, 0.25) is 5.79 Å². The maximum Gasteiger partial charge on any atom is 0.309 e. The van der Waals surface area contributed by atoms with Crippen LogP contribution in [-0.4, -0.2) is 138 Å². The number of allylic oxidation sites excluding steroid dienone is 1. The summed E-state index contributed by atoms with van der Waals surface area (Å²) in [5.41, 5.74) is 1.85. The monoisotopic (exact) mass is 780 g/mol. The molecule has 6 aliphatic heterocycles. The molecule has 5 saturated heterocycles. The molecule has 20 atom stereocenters. The molecule has 20 unspecified atom stereocenters. The number of carbonyl (C=O) groups is 1. The molecule has 4 N–H and O–H groups in total. The molecular weight excluding hydrogens is 720 g/mol. The highest BCUT2D eigenvalue weighted by Gasteiger charge is 2.59. The molecule has 0 aromatic carbocycles. The SMILES string of the molecule is COC1CC(OC2C(O)CC(OC3C(O)CC(OC4CC5=CCC6C(=O)OC7COC8(C)OC=C(CCC6C5(C)CC4O)C78)OC3C)OC2C)OC(C)C1O. The molecule has 15 heteroatoms. The second kappa shape index (κ2) is 15.5. The summed E-state index contributed by atoms with van der Waals surface area (Å²) in [6.45, 7) is 9.70. The van der Waals surface area contributed by atoms with Crippen molar-refractivity contribution in [3.05, 3.63) is 23.5 Å². The molecule has 8 rings (SSSR count). The molecule has 15 nitrogen and oxygen atoms in total. The van der Waals surface area contributed by atoms with Crippen LogP contribution in [0.15, 0.2) is 23.5 Å². The van der Waals surface area contributed by atoms with Crippen molar-refractivity contribution in [1.82, 2.24) is 0 Å². The molecule has 0 amide bonds. The van der Waals surface area contributed by atoms with Crippen LogP contribution >= 0.6 is 0 Å². The van der Waals surface area contributed by atoms with Gasteiger partial charge in [-0.2, -0.15) is 0 Å². The lowest BCUT2D eigenvalue weighted by molar-refractivity contribution is -0.337. The zero-order chi connectivity index (χ0) is 39.0. The number of hydrogen-bond acceptors (Lipinski definition) is 15. The van der Waals surface area contributed by atoms with Crippen molar-refractivity contribution in [3.63, 3.8) is 0 Å². The van der Waals surface area contributed by atoms with Crippen molar-refractivity contribution in [2.45, 2.75) is 184 Å². The molecule has 0 radical (unpaired) electrons. The molecule has 0 aromatic heterocycles. The lowest BCUT2D eigenvalue weighted by atomic mass is 9.55. The third kappa shape index (κ3) is 7.44. The number of aliphatic hydroxyl groups excluding tert-OH is 4. The van der Waals surface area contributed by atoms with E-state index in [-0.39, 0.29) is 42.7 Å². The van der Waals surface area contributed by atoms with E-state index in [0.717, 1.165) is 24.0 Å². The topological polar surface area (TPSA) is 190 Å². The van der Waals surface area contributed by atoms with E-state index < -0.39 is 97.2 Å². The van der Waals surface area contributed by atoms with E-state index >= 15 is 0 Å². The standard InChI is InChI=1S/C40H60O15/c1-18-35(44)29(46-6)14-33(49-18)55-37-20(3)51-32(13-26(37)42)54-36-19(2)50-31(12-25(36)41)52-28-11-22-8-9-23-24(39(22,4)15-27(28)43)10-7-21-16-47-40(5)34(21)30(17-48-40)53-38(23)45/h8,16,18-20,23-37,41-44H,7,9-15,17H2,1-6H3. The van der Waals surface area contributed by atoms with Gasteiger partial charge in [-0.3, -0.25) is 4.79 Å². The minimum Gasteiger partial charge on any atom is -0.469 e. The van der Waals surface area contributed by atoms with Crippen LogP contribution in [0.4, 0.5) is 0 Å². The van der Waals surface area contributed by atoms with Crippen molar-refractivity contribution < 1.29 is 72.6 Å². The van der Waals surface area contributed by atoms with Crippen LogP contribution in [0.2, 0.25) is 0 Å². The van der Waals surface area contributed by atoms with Crippen molar-refractivity contribution in [2.24, 2.45) is 23.2 Å². The van der Waals surface area contributed by atoms with Gasteiger partial charge in [-0.1, -0.05) is 18.6 Å². The maximum atomic E-state index is 13.7. The second-order valence-electron chi connectivity index (χ2n) is 17.5. The highest BCUT2D eigenvalue weighted by atomic mass is 16.7. The predicted molar refractivity (Wildman–Crippen MR) is 189 cm³/mol. The molecule has 6 fully saturated rings. The summed E-state index contributed by atoms with van der Waals surface area (Å²) in [5, 5.41) is 44.3. The number of esters is 1. The van der Waals surface area contributed by atoms with E-state index in [0.29, 0.717) is 32.3 Å². The first-order valence-corrected chi connectivity index (χ1v) is 20.3. The fourth-order valence-electron chi connectivity index (χ4n) is 10.9. The van der Waals surface area contributed by atoms with Crippen LogP contribution in [0.25, 0.3) is 0 Å². The van der Waals surface area contributed by atoms with Gasteiger partial charge in [0.25, 0.3) is 0 Å². The van der Waals surface area contributed by atoms with Crippen molar-refractivity contribution in [1.29, 1.82) is 0 Å². The Bertz CT molecular complexity index is 1450. The average Bonchev–Trinajstić information content (AvgIpc) is 3.64. The molecule has 0 bridgehead atoms. The van der Waals surface area contributed by atoms with E-state index in [1.807, 2.05) is 6.92 Å². The minimum absolute atomic E-state index is 0.0276. The van der Waals surface area contributed by atoms with E-state index in [1.165, 1.54) is 7.11 Å². The van der Waals surface area contributed by atoms with Gasteiger partial charge >= 0.3 is 5.97 Å². The van der Waals surface area contributed by atoms with Crippen LogP contribution in [-0.2, 0) is 52.2 Å². The summed E-state index contributed by atoms with van der Waals surface area (Å²) in [6, 6.07) is 0. The predicted octanol–water partition coefficient (Wildman–Crippen LogP) is 2.35. The molecule has 0 spiro atoms. The summed E-state index contributed by atoms with van der Waals surface area (Å²) >= 11 is 0. The highest BCUT2D eigenvalue weighted by Crippen LogP contribution is 2.57. The van der Waals surface area contributed by atoms with E-state index in [9.17, 15) is 25.2 Å². The van der Waals surface area contributed by atoms with Crippen LogP contribution in [0.1, 0.15) is 86.0 Å². The van der Waals surface area contributed by atoms with E-state index in [1.54, 1.807) is 27.0 Å². The number of carbonyl (C=O) groups excluding carboxylic acids is 1. The Morgan fingerprint density at radius 1 is 0.818 bits per heavy atom. The first-order valence-electron chi connectivity index (χ1n) is 20.3. The summed E-state index contributed by atoms with van der Waals surface area (Å²) in [7, 11) is 1.53. The Kier molecular flexibility index (Phi) is 11.3. The quantitative estimate of drug-likeness (QED) is 0.218. The summed E-state index contributed by atoms with van der Waals surface area (Å²) in [4.78, 5) is 13.7. The summed E-state index contributed by atoms with van der Waals surface area (Å²) in [5.74, 6) is -1.47. The van der Waals surface area contributed by atoms with Crippen molar-refractivity contribution in [2.75, 3.05) is 13.7 Å². The first-order chi connectivity index (χ1) is 26.2. The number of aliphatic hydroxyl groups is 4. The van der Waals surface area contributed by atoms with Crippen LogP contribution < -0.4 is 0 Å². The van der Waals surface area contributed by atoms with Gasteiger partial charge in [-0.25, -0.2) is 0 Å². The van der Waals surface area contributed by atoms with Gasteiger partial charge in [0.1, 0.15) is 24.4 Å². The Balaban J connectivity index is 0.854. The third-order valence-corrected chi connectivity index (χ3v) is 14.0. The Labute approximate surface area is 322 Å². The van der Waals surface area contributed by atoms with Crippen LogP contribution in [0, 0.1) is 23.2 Å². The fourth-order valence-corrected chi connectivity index (χ4v) is 10.9. The van der Waals surface area contributed by atoms with Gasteiger partial charge in [0.15, 0.2) is 18.9 Å². The largest absolute Gasteiger partial charge is 0.469 e. The lowest BCUT2D eigenvalue weighted by Crippen LogP contribution is -2.57. The Morgan fingerprint density at radius 3 is 2.11 bits per heavy atom. The van der Waals surface area contributed by atoms with Gasteiger partial charge in [0, 0.05) is 33.3 Å². The molecule has 1 saturated carbocycles. The smallest absolute Gasteiger partial charge is 0.309 e. The Morgan fingerprint density at radius 2 is 1.45 bits per heavy atom. The van der Waals surface area contributed by atoms with Gasteiger partial charge in [0.05, 0.1) is 73.5 Å². The average molecular weight is 781 g/mol.